The highest BCUT2D eigenvalue weighted by Crippen LogP contribution is 2.29. The van der Waals surface area contributed by atoms with E-state index in [1.807, 2.05) is 17.0 Å². The number of piperidine rings is 1. The van der Waals surface area contributed by atoms with Crippen LogP contribution in [0.15, 0.2) is 28.7 Å². The zero-order chi connectivity index (χ0) is 17.3. The summed E-state index contributed by atoms with van der Waals surface area (Å²) >= 11 is 3.35. The van der Waals surface area contributed by atoms with E-state index in [9.17, 15) is 14.4 Å². The predicted molar refractivity (Wildman–Crippen MR) is 91.4 cm³/mol. The van der Waals surface area contributed by atoms with E-state index in [2.05, 4.69) is 15.9 Å². The minimum absolute atomic E-state index is 0.110. The Balaban J connectivity index is 1.68. The van der Waals surface area contributed by atoms with Gasteiger partial charge in [-0.25, -0.2) is 4.90 Å². The number of ether oxygens (including phenoxy) is 1. The molecule has 2 aliphatic heterocycles. The fraction of sp³-hybridized carbons (Fsp3) is 0.471. The number of nitrogens with zero attached hydrogens (tertiary/aromatic N) is 2. The molecule has 2 heterocycles. The first-order chi connectivity index (χ1) is 11.5. The Labute approximate surface area is 148 Å². The number of hydrogen-bond donors (Lipinski definition) is 0. The van der Waals surface area contributed by atoms with Crippen LogP contribution in [-0.2, 0) is 19.1 Å². The van der Waals surface area contributed by atoms with Gasteiger partial charge in [-0.15, -0.1) is 0 Å². The van der Waals surface area contributed by atoms with Gasteiger partial charge in [0.25, 0.3) is 5.91 Å². The first kappa shape index (κ1) is 17.1. The van der Waals surface area contributed by atoms with E-state index in [4.69, 9.17) is 4.74 Å². The topological polar surface area (TPSA) is 66.9 Å². The third kappa shape index (κ3) is 3.23. The average Bonchev–Trinajstić information content (AvgIpc) is 2.90. The Hall–Kier alpha value is -1.73. The molecule has 0 N–H and O–H groups in total. The molecule has 3 rings (SSSR count). The lowest BCUT2D eigenvalue weighted by Crippen LogP contribution is -2.46. The van der Waals surface area contributed by atoms with Crippen LogP contribution >= 0.6 is 15.9 Å². The van der Waals surface area contributed by atoms with E-state index < -0.39 is 6.04 Å². The molecule has 128 valence electrons. The molecule has 2 saturated heterocycles. The third-order valence-electron chi connectivity index (χ3n) is 4.71. The smallest absolute Gasteiger partial charge is 0.308 e. The molecule has 6 nitrogen and oxygen atoms in total. The summed E-state index contributed by atoms with van der Waals surface area (Å²) in [6.07, 6.45) is 1.50. The molecule has 1 atom stereocenters. The van der Waals surface area contributed by atoms with Crippen molar-refractivity contribution < 1.29 is 19.1 Å². The normalized spacial score (nSPS) is 22.9. The van der Waals surface area contributed by atoms with Crippen LogP contribution in [0.5, 0.6) is 0 Å². The van der Waals surface area contributed by atoms with Crippen LogP contribution in [-0.4, -0.2) is 48.9 Å². The monoisotopic (exact) mass is 394 g/mol. The van der Waals surface area contributed by atoms with Crippen molar-refractivity contribution in [1.29, 1.82) is 0 Å². The van der Waals surface area contributed by atoms with E-state index in [-0.39, 0.29) is 30.1 Å². The number of amides is 2. The number of carbonyl (C=O) groups is 3. The van der Waals surface area contributed by atoms with Gasteiger partial charge < -0.3 is 4.74 Å². The molecule has 1 aromatic rings. The number of hydrogen-bond acceptors (Lipinski definition) is 5. The highest BCUT2D eigenvalue weighted by Gasteiger charge is 2.43. The third-order valence-corrected chi connectivity index (χ3v) is 5.24. The average molecular weight is 395 g/mol. The van der Waals surface area contributed by atoms with Crippen molar-refractivity contribution in [2.75, 3.05) is 25.1 Å². The summed E-state index contributed by atoms with van der Waals surface area (Å²) < 4.78 is 5.68. The lowest BCUT2D eigenvalue weighted by molar-refractivity contribution is -0.147. The molecule has 0 saturated carbocycles. The van der Waals surface area contributed by atoms with Gasteiger partial charge in [0.2, 0.25) is 5.91 Å². The second-order valence-electron chi connectivity index (χ2n) is 6.10. The van der Waals surface area contributed by atoms with Crippen molar-refractivity contribution in [2.24, 2.45) is 5.92 Å². The van der Waals surface area contributed by atoms with Gasteiger partial charge in [-0.1, -0.05) is 15.9 Å². The summed E-state index contributed by atoms with van der Waals surface area (Å²) in [5.74, 6) is -0.665. The quantitative estimate of drug-likeness (QED) is 0.578. The van der Waals surface area contributed by atoms with Crippen molar-refractivity contribution in [3.05, 3.63) is 28.7 Å². The maximum Gasteiger partial charge on any atom is 0.308 e. The number of imide groups is 1. The van der Waals surface area contributed by atoms with Crippen molar-refractivity contribution in [3.8, 4) is 0 Å². The molecule has 0 aliphatic carbocycles. The number of methoxy groups -OCH3 is 1. The lowest BCUT2D eigenvalue weighted by atomic mass is 9.95. The number of rotatable bonds is 3. The Morgan fingerprint density at radius 1 is 1.17 bits per heavy atom. The summed E-state index contributed by atoms with van der Waals surface area (Å²) in [5.41, 5.74) is 0.597. The largest absolute Gasteiger partial charge is 0.469 e. The van der Waals surface area contributed by atoms with E-state index in [1.54, 1.807) is 12.1 Å². The number of carbonyl (C=O) groups excluding carboxylic acids is 3. The summed E-state index contributed by atoms with van der Waals surface area (Å²) in [4.78, 5) is 39.9. The Kier molecular flexibility index (Phi) is 5.01. The van der Waals surface area contributed by atoms with Crippen LogP contribution < -0.4 is 4.90 Å². The van der Waals surface area contributed by atoms with Crippen molar-refractivity contribution >= 4 is 39.4 Å². The molecular formula is C17H19BrN2O4. The van der Waals surface area contributed by atoms with Crippen molar-refractivity contribution in [2.45, 2.75) is 25.3 Å². The van der Waals surface area contributed by atoms with E-state index in [1.165, 1.54) is 12.0 Å². The molecule has 2 aliphatic rings. The second kappa shape index (κ2) is 7.03. The molecule has 0 spiro atoms. The molecule has 0 bridgehead atoms. The van der Waals surface area contributed by atoms with Gasteiger partial charge in [-0.2, -0.15) is 0 Å². The highest BCUT2D eigenvalue weighted by molar-refractivity contribution is 9.10. The van der Waals surface area contributed by atoms with E-state index >= 15 is 0 Å². The molecule has 24 heavy (non-hydrogen) atoms. The van der Waals surface area contributed by atoms with E-state index in [0.29, 0.717) is 31.6 Å². The summed E-state index contributed by atoms with van der Waals surface area (Å²) in [6.45, 7) is 1.25. The minimum Gasteiger partial charge on any atom is -0.469 e. The SMILES string of the molecule is COC(=O)C1CCN([C@H]2CC(=O)N(c3ccc(Br)cc3)C2=O)CC1. The predicted octanol–water partition coefficient (Wildman–Crippen LogP) is 1.97. The van der Waals surface area contributed by atoms with Gasteiger partial charge >= 0.3 is 5.97 Å². The zero-order valence-electron chi connectivity index (χ0n) is 13.4. The first-order valence-electron chi connectivity index (χ1n) is 7.95. The molecule has 0 aromatic heterocycles. The molecule has 0 radical (unpaired) electrons. The number of anilines is 1. The molecular weight excluding hydrogens is 376 g/mol. The summed E-state index contributed by atoms with van der Waals surface area (Å²) in [5, 5.41) is 0. The van der Waals surface area contributed by atoms with Crippen LogP contribution in [0.4, 0.5) is 5.69 Å². The fourth-order valence-electron chi connectivity index (χ4n) is 3.38. The number of benzene rings is 1. The minimum atomic E-state index is -0.431. The van der Waals surface area contributed by atoms with E-state index in [0.717, 1.165) is 4.47 Å². The van der Waals surface area contributed by atoms with Gasteiger partial charge in [0.05, 0.1) is 31.2 Å². The van der Waals surface area contributed by atoms with Crippen LogP contribution in [0.2, 0.25) is 0 Å². The van der Waals surface area contributed by atoms with Crippen LogP contribution in [0.25, 0.3) is 0 Å². The Bertz CT molecular complexity index is 653. The van der Waals surface area contributed by atoms with Crippen LogP contribution in [0.1, 0.15) is 19.3 Å². The first-order valence-corrected chi connectivity index (χ1v) is 8.75. The molecule has 1 aromatic carbocycles. The number of halogens is 1. The number of esters is 1. The fourth-order valence-corrected chi connectivity index (χ4v) is 3.64. The lowest BCUT2D eigenvalue weighted by Gasteiger charge is -2.33. The maximum absolute atomic E-state index is 12.7. The maximum atomic E-state index is 12.7. The van der Waals surface area contributed by atoms with Crippen molar-refractivity contribution in [1.82, 2.24) is 4.90 Å². The zero-order valence-corrected chi connectivity index (χ0v) is 15.0. The Morgan fingerprint density at radius 2 is 1.79 bits per heavy atom. The van der Waals surface area contributed by atoms with Crippen molar-refractivity contribution in [3.63, 3.8) is 0 Å². The molecule has 2 amide bonds. The standard InChI is InChI=1S/C17H19BrN2O4/c1-24-17(23)11-6-8-19(9-7-11)14-10-15(21)20(16(14)22)13-4-2-12(18)3-5-13/h2-5,11,14H,6-10H2,1H3/t14-/m0/s1. The van der Waals surface area contributed by atoms with Gasteiger partial charge in [0, 0.05) is 4.47 Å². The molecule has 2 fully saturated rings. The van der Waals surface area contributed by atoms with Gasteiger partial charge in [0.1, 0.15) is 0 Å². The van der Waals surface area contributed by atoms with Crippen LogP contribution in [0.3, 0.4) is 0 Å². The van der Waals surface area contributed by atoms with Gasteiger partial charge in [0.15, 0.2) is 0 Å². The molecule has 0 unspecified atom stereocenters. The van der Waals surface area contributed by atoms with Gasteiger partial charge in [-0.05, 0) is 50.2 Å². The van der Waals surface area contributed by atoms with Gasteiger partial charge in [-0.3, -0.25) is 19.3 Å². The number of likely N-dealkylation sites (tertiary alicyclic amines) is 1. The second-order valence-corrected chi connectivity index (χ2v) is 7.01. The summed E-state index contributed by atoms with van der Waals surface area (Å²) in [7, 11) is 1.39. The summed E-state index contributed by atoms with van der Waals surface area (Å²) in [6, 6.07) is 6.70. The highest BCUT2D eigenvalue weighted by atomic mass is 79.9. The Morgan fingerprint density at radius 3 is 2.38 bits per heavy atom. The van der Waals surface area contributed by atoms with Crippen LogP contribution in [0, 0.1) is 5.92 Å². The molecule has 7 heteroatoms.